The number of fused-ring (bicyclic) bond motifs is 8. The third kappa shape index (κ3) is 6.59. The summed E-state index contributed by atoms with van der Waals surface area (Å²) in [5.74, 6) is 0. The van der Waals surface area contributed by atoms with Gasteiger partial charge in [0.1, 0.15) is 22.3 Å². The third-order valence-corrected chi connectivity index (χ3v) is 13.3. The van der Waals surface area contributed by atoms with Crippen LogP contribution in [0.1, 0.15) is 0 Å². The topological polar surface area (TPSA) is 29.5 Å². The van der Waals surface area contributed by atoms with E-state index in [4.69, 9.17) is 8.83 Å². The van der Waals surface area contributed by atoms with E-state index >= 15 is 0 Å². The normalized spacial score (nSPS) is 11.6. The zero-order valence-corrected chi connectivity index (χ0v) is 36.4. The van der Waals surface area contributed by atoms with Gasteiger partial charge in [0.15, 0.2) is 0 Å². The zero-order valence-electron chi connectivity index (χ0n) is 36.4. The van der Waals surface area contributed by atoms with Crippen LogP contribution < -0.4 is 4.90 Å². The first-order chi connectivity index (χ1) is 33.2. The molecule has 11 aromatic carbocycles. The van der Waals surface area contributed by atoms with Gasteiger partial charge in [0.25, 0.3) is 0 Å². The lowest BCUT2D eigenvalue weighted by Gasteiger charge is -2.26. The molecule has 0 fully saturated rings. The Labute approximate surface area is 388 Å². The molecule has 3 heteroatoms. The van der Waals surface area contributed by atoms with Gasteiger partial charge < -0.3 is 13.7 Å². The highest BCUT2D eigenvalue weighted by Gasteiger charge is 2.23. The molecule has 0 bridgehead atoms. The van der Waals surface area contributed by atoms with Gasteiger partial charge in [0.2, 0.25) is 0 Å². The molecule has 13 aromatic rings. The van der Waals surface area contributed by atoms with E-state index < -0.39 is 0 Å². The number of benzene rings is 11. The summed E-state index contributed by atoms with van der Waals surface area (Å²) < 4.78 is 13.2. The summed E-state index contributed by atoms with van der Waals surface area (Å²) in [5.41, 5.74) is 18.3. The Hall–Kier alpha value is -8.92. The zero-order chi connectivity index (χ0) is 44.3. The van der Waals surface area contributed by atoms with Crippen molar-refractivity contribution in [2.75, 3.05) is 4.90 Å². The van der Waals surface area contributed by atoms with Crippen LogP contribution in [-0.2, 0) is 0 Å². The second-order valence-electron chi connectivity index (χ2n) is 17.2. The van der Waals surface area contributed by atoms with Gasteiger partial charge in [-0.2, -0.15) is 0 Å². The molecule has 0 N–H and O–H groups in total. The van der Waals surface area contributed by atoms with Crippen LogP contribution in [0.4, 0.5) is 17.1 Å². The first kappa shape index (κ1) is 38.5. The van der Waals surface area contributed by atoms with Crippen molar-refractivity contribution < 1.29 is 8.83 Å². The molecular formula is C64H41NO2. The maximum absolute atomic E-state index is 6.76. The molecule has 0 radical (unpaired) electrons. The predicted molar refractivity (Wildman–Crippen MR) is 280 cm³/mol. The molecule has 0 aliphatic heterocycles. The summed E-state index contributed by atoms with van der Waals surface area (Å²) in [6.45, 7) is 0. The van der Waals surface area contributed by atoms with E-state index in [1.807, 2.05) is 12.1 Å². The lowest BCUT2D eigenvalue weighted by molar-refractivity contribution is 0.670. The highest BCUT2D eigenvalue weighted by molar-refractivity contribution is 6.26. The number of furan rings is 2. The van der Waals surface area contributed by atoms with E-state index in [2.05, 4.69) is 241 Å². The van der Waals surface area contributed by atoms with Crippen LogP contribution in [0, 0.1) is 0 Å². The lowest BCUT2D eigenvalue weighted by Crippen LogP contribution is -2.09. The number of para-hydroxylation sites is 3. The Morgan fingerprint density at radius 1 is 0.239 bits per heavy atom. The molecule has 0 aliphatic rings. The molecule has 0 amide bonds. The van der Waals surface area contributed by atoms with Crippen molar-refractivity contribution >= 4 is 71.7 Å². The van der Waals surface area contributed by atoms with Crippen molar-refractivity contribution in [3.63, 3.8) is 0 Å². The SMILES string of the molecule is c1ccc(-c2ccc(-c3c(-c4ccc(N(c5ccc(-c6ccccc6)cc5)c5ccc(-c6cccc7c6oc6ccccc67)cc5)cc4)c4ccccc4c4oc5ccccc5c34)cc2)cc1. The fourth-order valence-corrected chi connectivity index (χ4v) is 10.1. The van der Waals surface area contributed by atoms with Crippen LogP contribution in [0.3, 0.4) is 0 Å². The quantitative estimate of drug-likeness (QED) is 0.152. The number of anilines is 3. The van der Waals surface area contributed by atoms with Crippen molar-refractivity contribution in [1.82, 2.24) is 0 Å². The van der Waals surface area contributed by atoms with Gasteiger partial charge in [0, 0.05) is 55.1 Å². The number of hydrogen-bond acceptors (Lipinski definition) is 3. The van der Waals surface area contributed by atoms with Crippen LogP contribution in [-0.4, -0.2) is 0 Å². The average molecular weight is 856 g/mol. The van der Waals surface area contributed by atoms with Gasteiger partial charge in [-0.25, -0.2) is 0 Å². The van der Waals surface area contributed by atoms with Crippen molar-refractivity contribution in [2.45, 2.75) is 0 Å². The van der Waals surface area contributed by atoms with Crippen molar-refractivity contribution in [2.24, 2.45) is 0 Å². The second-order valence-corrected chi connectivity index (χ2v) is 17.2. The van der Waals surface area contributed by atoms with Crippen LogP contribution in [0.25, 0.3) is 110 Å². The molecule has 0 atom stereocenters. The number of hydrogen-bond donors (Lipinski definition) is 0. The summed E-state index contributed by atoms with van der Waals surface area (Å²) in [5, 5.41) is 6.72. The molecule has 0 aliphatic carbocycles. The summed E-state index contributed by atoms with van der Waals surface area (Å²) >= 11 is 0. The summed E-state index contributed by atoms with van der Waals surface area (Å²) in [7, 11) is 0. The van der Waals surface area contributed by atoms with E-state index in [1.54, 1.807) is 0 Å². The largest absolute Gasteiger partial charge is 0.455 e. The Kier molecular flexibility index (Phi) is 9.17. The minimum absolute atomic E-state index is 0.881. The second kappa shape index (κ2) is 16.0. The highest BCUT2D eigenvalue weighted by Crippen LogP contribution is 2.49. The van der Waals surface area contributed by atoms with Crippen molar-refractivity contribution in [3.8, 4) is 55.6 Å². The Morgan fingerprint density at radius 3 is 1.24 bits per heavy atom. The standard InChI is InChI=1S/C64H41NO2/c1-3-14-42(15-4-1)44-26-28-48(29-27-44)61-60(54-19-7-8-20-56(54)64-62(61)57-21-10-12-25-59(57)67-64)47-34-40-51(41-35-47)65(49-36-30-45(31-37-49)43-16-5-2-6-17-43)50-38-32-46(33-39-50)52-22-13-23-55-53-18-9-11-24-58(53)66-63(52)55/h1-41H. The minimum atomic E-state index is 0.881. The smallest absolute Gasteiger partial charge is 0.143 e. The van der Waals surface area contributed by atoms with Gasteiger partial charge in [-0.3, -0.25) is 0 Å². The molecular weight excluding hydrogens is 815 g/mol. The maximum Gasteiger partial charge on any atom is 0.143 e. The monoisotopic (exact) mass is 855 g/mol. The van der Waals surface area contributed by atoms with E-state index in [0.717, 1.165) is 99.5 Å². The summed E-state index contributed by atoms with van der Waals surface area (Å²) in [4.78, 5) is 2.35. The van der Waals surface area contributed by atoms with E-state index in [1.165, 1.54) is 27.8 Å². The van der Waals surface area contributed by atoms with E-state index in [-0.39, 0.29) is 0 Å². The Bertz CT molecular complexity index is 3920. The van der Waals surface area contributed by atoms with Crippen LogP contribution in [0.2, 0.25) is 0 Å². The predicted octanol–water partition coefficient (Wildman–Crippen LogP) is 18.4. The first-order valence-corrected chi connectivity index (χ1v) is 22.8. The van der Waals surface area contributed by atoms with E-state index in [0.29, 0.717) is 0 Å². The molecule has 3 nitrogen and oxygen atoms in total. The van der Waals surface area contributed by atoms with Gasteiger partial charge in [-0.1, -0.05) is 200 Å². The molecule has 13 rings (SSSR count). The molecule has 0 saturated carbocycles. The van der Waals surface area contributed by atoms with Gasteiger partial charge in [-0.05, 0) is 98.4 Å². The molecule has 314 valence electrons. The average Bonchev–Trinajstić information content (AvgIpc) is 3.99. The number of nitrogens with zero attached hydrogens (tertiary/aromatic N) is 1. The van der Waals surface area contributed by atoms with Crippen LogP contribution >= 0.6 is 0 Å². The first-order valence-electron chi connectivity index (χ1n) is 22.8. The van der Waals surface area contributed by atoms with Crippen LogP contribution in [0.15, 0.2) is 258 Å². The fraction of sp³-hybridized carbons (Fsp3) is 0. The van der Waals surface area contributed by atoms with E-state index in [9.17, 15) is 0 Å². The minimum Gasteiger partial charge on any atom is -0.455 e. The molecule has 0 unspecified atom stereocenters. The van der Waals surface area contributed by atoms with Crippen LogP contribution in [0.5, 0.6) is 0 Å². The molecule has 67 heavy (non-hydrogen) atoms. The molecule has 0 saturated heterocycles. The number of rotatable bonds is 8. The highest BCUT2D eigenvalue weighted by atomic mass is 16.3. The van der Waals surface area contributed by atoms with Crippen molar-refractivity contribution in [1.29, 1.82) is 0 Å². The molecule has 0 spiro atoms. The molecule has 2 aromatic heterocycles. The lowest BCUT2D eigenvalue weighted by atomic mass is 9.86. The van der Waals surface area contributed by atoms with Gasteiger partial charge in [0.05, 0.1) is 0 Å². The summed E-state index contributed by atoms with van der Waals surface area (Å²) in [6.07, 6.45) is 0. The fourth-order valence-electron chi connectivity index (χ4n) is 10.1. The van der Waals surface area contributed by atoms with Crippen molar-refractivity contribution in [3.05, 3.63) is 249 Å². The molecule has 2 heterocycles. The third-order valence-electron chi connectivity index (χ3n) is 13.3. The Morgan fingerprint density at radius 2 is 0.627 bits per heavy atom. The maximum atomic E-state index is 6.76. The summed E-state index contributed by atoms with van der Waals surface area (Å²) in [6, 6.07) is 88.8. The Balaban J connectivity index is 0.963. The van der Waals surface area contributed by atoms with Gasteiger partial charge in [-0.15, -0.1) is 0 Å². The van der Waals surface area contributed by atoms with Gasteiger partial charge >= 0.3 is 0 Å².